The number of nitrogens with zero attached hydrogens (tertiary/aromatic N) is 2. The standard InChI is InChI=1S/C37H39FN4O6/c1-4-37(5-2,36(46)47-23-25-10-7-6-8-11-25)32-19-18-30(27-12-9-13-28(38)21-27)42(32)33(43)22-39-34(44)26-14-16-29(17-15-26)48-31-20-24(3)40-41-35(31)45/h6-17,20-21,30,32H,4-5,18-19,22-23H2,1-3H3,(H,39,44)(H,41,45)/t30-,32+/m0/s1. The molecular weight excluding hydrogens is 615 g/mol. The van der Waals surface area contributed by atoms with Gasteiger partial charge in [0.1, 0.15) is 18.2 Å². The van der Waals surface area contributed by atoms with E-state index in [2.05, 4.69) is 15.5 Å². The van der Waals surface area contributed by atoms with Gasteiger partial charge in [-0.3, -0.25) is 19.2 Å². The average molecular weight is 655 g/mol. The van der Waals surface area contributed by atoms with Crippen LogP contribution in [0.2, 0.25) is 0 Å². The first-order chi connectivity index (χ1) is 23.1. The molecule has 10 nitrogen and oxygen atoms in total. The molecule has 0 saturated carbocycles. The van der Waals surface area contributed by atoms with Gasteiger partial charge in [0.2, 0.25) is 5.91 Å². The van der Waals surface area contributed by atoms with E-state index in [0.29, 0.717) is 42.7 Å². The molecule has 5 rings (SSSR count). The Bertz CT molecular complexity index is 1810. The van der Waals surface area contributed by atoms with Crippen LogP contribution in [0, 0.1) is 18.2 Å². The van der Waals surface area contributed by atoms with Gasteiger partial charge in [-0.05, 0) is 80.1 Å². The fourth-order valence-electron chi connectivity index (χ4n) is 6.46. The van der Waals surface area contributed by atoms with Crippen molar-refractivity contribution in [3.05, 3.63) is 123 Å². The third kappa shape index (κ3) is 7.46. The summed E-state index contributed by atoms with van der Waals surface area (Å²) < 4.78 is 25.9. The summed E-state index contributed by atoms with van der Waals surface area (Å²) in [6, 6.07) is 22.1. The first-order valence-corrected chi connectivity index (χ1v) is 16.1. The van der Waals surface area contributed by atoms with Crippen molar-refractivity contribution in [1.82, 2.24) is 20.4 Å². The van der Waals surface area contributed by atoms with Crippen molar-refractivity contribution in [2.75, 3.05) is 6.54 Å². The van der Waals surface area contributed by atoms with Crippen molar-refractivity contribution >= 4 is 17.8 Å². The van der Waals surface area contributed by atoms with E-state index in [4.69, 9.17) is 9.47 Å². The Morgan fingerprint density at radius 3 is 2.40 bits per heavy atom. The summed E-state index contributed by atoms with van der Waals surface area (Å²) in [5, 5.41) is 8.87. The summed E-state index contributed by atoms with van der Waals surface area (Å²) in [4.78, 5) is 54.7. The minimum Gasteiger partial charge on any atom is -0.460 e. The second kappa shape index (κ2) is 15.1. The largest absolute Gasteiger partial charge is 0.460 e. The van der Waals surface area contributed by atoms with Gasteiger partial charge in [0.15, 0.2) is 5.75 Å². The first kappa shape index (κ1) is 34.0. The maximum absolute atomic E-state index is 14.4. The molecule has 48 heavy (non-hydrogen) atoms. The molecule has 3 aromatic carbocycles. The molecule has 1 fully saturated rings. The smallest absolute Gasteiger partial charge is 0.314 e. The monoisotopic (exact) mass is 654 g/mol. The number of rotatable bonds is 12. The molecule has 2 atom stereocenters. The molecule has 250 valence electrons. The van der Waals surface area contributed by atoms with Crippen LogP contribution in [0.3, 0.4) is 0 Å². The van der Waals surface area contributed by atoms with E-state index < -0.39 is 46.7 Å². The van der Waals surface area contributed by atoms with Crippen LogP contribution in [0.5, 0.6) is 11.5 Å². The Hall–Kier alpha value is -5.32. The second-order valence-corrected chi connectivity index (χ2v) is 11.9. The number of H-pyrrole nitrogens is 1. The lowest BCUT2D eigenvalue weighted by Gasteiger charge is -2.42. The molecule has 2 N–H and O–H groups in total. The van der Waals surface area contributed by atoms with Crippen LogP contribution in [0.1, 0.15) is 72.8 Å². The molecule has 11 heteroatoms. The zero-order valence-electron chi connectivity index (χ0n) is 27.2. The number of hydrogen-bond donors (Lipinski definition) is 2. The van der Waals surface area contributed by atoms with Crippen molar-refractivity contribution in [2.24, 2.45) is 5.41 Å². The van der Waals surface area contributed by atoms with E-state index in [9.17, 15) is 23.6 Å². The molecule has 2 heterocycles. The molecular formula is C37H39FN4O6. The highest BCUT2D eigenvalue weighted by Gasteiger charge is 2.52. The van der Waals surface area contributed by atoms with E-state index >= 15 is 0 Å². The Morgan fingerprint density at radius 1 is 0.979 bits per heavy atom. The van der Waals surface area contributed by atoms with Crippen molar-refractivity contribution in [3.8, 4) is 11.5 Å². The number of carbonyl (C=O) groups is 3. The molecule has 0 unspecified atom stereocenters. The van der Waals surface area contributed by atoms with Gasteiger partial charge in [-0.25, -0.2) is 9.49 Å². The number of amides is 2. The van der Waals surface area contributed by atoms with E-state index in [1.807, 2.05) is 44.2 Å². The van der Waals surface area contributed by atoms with E-state index in [1.165, 1.54) is 30.3 Å². The number of benzene rings is 3. The fraction of sp³-hybridized carbons (Fsp3) is 0.324. The Balaban J connectivity index is 1.34. The van der Waals surface area contributed by atoms with Crippen LogP contribution in [-0.4, -0.2) is 45.5 Å². The number of aryl methyl sites for hydroxylation is 1. The highest BCUT2D eigenvalue weighted by Crippen LogP contribution is 2.47. The fourth-order valence-corrected chi connectivity index (χ4v) is 6.46. The normalized spacial score (nSPS) is 16.0. The second-order valence-electron chi connectivity index (χ2n) is 11.9. The zero-order valence-corrected chi connectivity index (χ0v) is 27.2. The topological polar surface area (TPSA) is 131 Å². The molecule has 1 aromatic heterocycles. The summed E-state index contributed by atoms with van der Waals surface area (Å²) in [6.45, 7) is 5.30. The highest BCUT2D eigenvalue weighted by molar-refractivity contribution is 5.96. The van der Waals surface area contributed by atoms with E-state index in [1.54, 1.807) is 36.1 Å². The Morgan fingerprint density at radius 2 is 1.71 bits per heavy atom. The van der Waals surface area contributed by atoms with Crippen LogP contribution < -0.4 is 15.6 Å². The lowest BCUT2D eigenvalue weighted by Crippen LogP contribution is -2.53. The predicted octanol–water partition coefficient (Wildman–Crippen LogP) is 6.02. The maximum atomic E-state index is 14.4. The minimum atomic E-state index is -1.01. The van der Waals surface area contributed by atoms with Gasteiger partial charge in [-0.15, -0.1) is 0 Å². The molecule has 1 saturated heterocycles. The molecule has 4 aromatic rings. The molecule has 1 aliphatic heterocycles. The van der Waals surface area contributed by atoms with Crippen LogP contribution in [0.4, 0.5) is 4.39 Å². The summed E-state index contributed by atoms with van der Waals surface area (Å²) in [6.07, 6.45) is 1.87. The van der Waals surface area contributed by atoms with Crippen molar-refractivity contribution in [2.45, 2.75) is 65.1 Å². The summed E-state index contributed by atoms with van der Waals surface area (Å²) >= 11 is 0. The van der Waals surface area contributed by atoms with Gasteiger partial charge in [-0.1, -0.05) is 56.3 Å². The molecule has 0 aliphatic carbocycles. The van der Waals surface area contributed by atoms with Crippen molar-refractivity contribution in [3.63, 3.8) is 0 Å². The van der Waals surface area contributed by atoms with Gasteiger partial charge >= 0.3 is 11.5 Å². The van der Waals surface area contributed by atoms with Gasteiger partial charge in [0.05, 0.1) is 23.7 Å². The first-order valence-electron chi connectivity index (χ1n) is 16.1. The van der Waals surface area contributed by atoms with Gasteiger partial charge in [0.25, 0.3) is 5.91 Å². The van der Waals surface area contributed by atoms with Crippen LogP contribution in [0.15, 0.2) is 89.7 Å². The summed E-state index contributed by atoms with van der Waals surface area (Å²) in [5.41, 5.74) is 0.820. The van der Waals surface area contributed by atoms with E-state index in [0.717, 1.165) is 5.56 Å². The number of nitrogens with one attached hydrogen (secondary N) is 2. The number of likely N-dealkylation sites (tertiary alicyclic amines) is 1. The number of hydrogen-bond acceptors (Lipinski definition) is 7. The number of ether oxygens (including phenoxy) is 2. The average Bonchev–Trinajstić information content (AvgIpc) is 3.55. The Kier molecular flexibility index (Phi) is 10.7. The van der Waals surface area contributed by atoms with Crippen LogP contribution in [-0.2, 0) is 20.9 Å². The SMILES string of the molecule is CCC(CC)(C(=O)OCc1ccccc1)[C@H]1CC[C@@H](c2cccc(F)c2)N1C(=O)CNC(=O)c1ccc(Oc2cc(C)n[nH]c2=O)cc1. The molecule has 2 amide bonds. The predicted molar refractivity (Wildman–Crippen MR) is 177 cm³/mol. The molecule has 0 bridgehead atoms. The summed E-state index contributed by atoms with van der Waals surface area (Å²) in [7, 11) is 0. The Labute approximate surface area is 278 Å². The number of aromatic nitrogens is 2. The molecule has 0 radical (unpaired) electrons. The van der Waals surface area contributed by atoms with E-state index in [-0.39, 0.29) is 24.5 Å². The lowest BCUT2D eigenvalue weighted by atomic mass is 9.74. The highest BCUT2D eigenvalue weighted by atomic mass is 19.1. The lowest BCUT2D eigenvalue weighted by molar-refractivity contribution is -0.164. The quantitative estimate of drug-likeness (QED) is 0.179. The van der Waals surface area contributed by atoms with Gasteiger partial charge in [0, 0.05) is 17.7 Å². The van der Waals surface area contributed by atoms with Crippen LogP contribution >= 0.6 is 0 Å². The minimum absolute atomic E-state index is 0.0671. The number of halogens is 1. The third-order valence-electron chi connectivity index (χ3n) is 9.07. The van der Waals surface area contributed by atoms with Gasteiger partial charge in [-0.2, -0.15) is 5.10 Å². The van der Waals surface area contributed by atoms with Gasteiger partial charge < -0.3 is 19.7 Å². The number of esters is 1. The summed E-state index contributed by atoms with van der Waals surface area (Å²) in [5.74, 6) is -1.30. The third-order valence-corrected chi connectivity index (χ3v) is 9.07. The zero-order chi connectivity index (χ0) is 34.3. The molecule has 0 spiro atoms. The molecule has 1 aliphatic rings. The van der Waals surface area contributed by atoms with Crippen LogP contribution in [0.25, 0.3) is 0 Å². The number of aromatic amines is 1. The van der Waals surface area contributed by atoms with Crippen molar-refractivity contribution < 1.29 is 28.2 Å². The number of carbonyl (C=O) groups excluding carboxylic acids is 3. The van der Waals surface area contributed by atoms with Crippen molar-refractivity contribution in [1.29, 1.82) is 0 Å². The maximum Gasteiger partial charge on any atom is 0.314 e.